The fourth-order valence-electron chi connectivity index (χ4n) is 1.70. The summed E-state index contributed by atoms with van der Waals surface area (Å²) in [6.07, 6.45) is 0.875. The maximum atomic E-state index is 12.1. The number of pyridine rings is 1. The van der Waals surface area contributed by atoms with Gasteiger partial charge in [0.2, 0.25) is 5.91 Å². The van der Waals surface area contributed by atoms with Crippen LogP contribution in [-0.2, 0) is 19.1 Å². The van der Waals surface area contributed by atoms with Gasteiger partial charge in [0.05, 0.1) is 24.5 Å². The second kappa shape index (κ2) is 8.33. The lowest BCUT2D eigenvalue weighted by atomic mass is 10.2. The summed E-state index contributed by atoms with van der Waals surface area (Å²) in [6, 6.07) is 1.40. The zero-order chi connectivity index (χ0) is 16.7. The number of hydrogen-bond donors (Lipinski definition) is 0. The molecule has 0 saturated carbocycles. The highest BCUT2D eigenvalue weighted by Gasteiger charge is 2.24. The van der Waals surface area contributed by atoms with Crippen LogP contribution >= 0.6 is 11.6 Å². The lowest BCUT2D eigenvalue weighted by Crippen LogP contribution is -2.31. The Labute approximate surface area is 133 Å². The number of rotatable bonds is 6. The van der Waals surface area contributed by atoms with Gasteiger partial charge in [-0.15, -0.1) is 0 Å². The second-order valence-corrected chi connectivity index (χ2v) is 4.51. The van der Waals surface area contributed by atoms with Crippen LogP contribution in [0.2, 0.25) is 5.15 Å². The van der Waals surface area contributed by atoms with Crippen molar-refractivity contribution in [1.82, 2.24) is 4.98 Å². The molecule has 22 heavy (non-hydrogen) atoms. The summed E-state index contributed by atoms with van der Waals surface area (Å²) < 4.78 is 9.64. The minimum absolute atomic E-state index is 0.0368. The molecule has 0 aliphatic carbocycles. The van der Waals surface area contributed by atoms with Crippen LogP contribution in [0.25, 0.3) is 0 Å². The SMILES string of the molecule is CCOC(=O)CC(=O)N(C)c1c(C(=O)OCC)ccnc1Cl. The molecule has 7 nitrogen and oxygen atoms in total. The van der Waals surface area contributed by atoms with E-state index in [1.807, 2.05) is 0 Å². The Balaban J connectivity index is 3.06. The molecule has 120 valence electrons. The van der Waals surface area contributed by atoms with Crippen LogP contribution in [0.4, 0.5) is 5.69 Å². The molecule has 0 radical (unpaired) electrons. The molecule has 0 atom stereocenters. The van der Waals surface area contributed by atoms with E-state index in [-0.39, 0.29) is 29.6 Å². The summed E-state index contributed by atoms with van der Waals surface area (Å²) in [5.41, 5.74) is 0.193. The van der Waals surface area contributed by atoms with Crippen LogP contribution in [0, 0.1) is 0 Å². The van der Waals surface area contributed by atoms with E-state index in [9.17, 15) is 14.4 Å². The Bertz CT molecular complexity index is 576. The first-order chi connectivity index (χ1) is 10.4. The molecule has 8 heteroatoms. The standard InChI is InChI=1S/C14H17ClN2O5/c1-4-21-11(19)8-10(18)17(3)12-9(14(20)22-5-2)6-7-16-13(12)15/h6-7H,4-5,8H2,1-3H3. The molecule has 0 aliphatic rings. The van der Waals surface area contributed by atoms with Crippen LogP contribution < -0.4 is 4.90 Å². The molecule has 0 saturated heterocycles. The average molecular weight is 329 g/mol. The summed E-state index contributed by atoms with van der Waals surface area (Å²) >= 11 is 5.98. The van der Waals surface area contributed by atoms with E-state index in [0.717, 1.165) is 4.90 Å². The van der Waals surface area contributed by atoms with Gasteiger partial charge in [0, 0.05) is 13.2 Å². The fourth-order valence-corrected chi connectivity index (χ4v) is 1.98. The van der Waals surface area contributed by atoms with E-state index in [2.05, 4.69) is 4.98 Å². The van der Waals surface area contributed by atoms with Gasteiger partial charge in [0.15, 0.2) is 5.15 Å². The highest BCUT2D eigenvalue weighted by Crippen LogP contribution is 2.28. The molecule has 1 aromatic rings. The van der Waals surface area contributed by atoms with Gasteiger partial charge in [-0.25, -0.2) is 9.78 Å². The zero-order valence-corrected chi connectivity index (χ0v) is 13.3. The van der Waals surface area contributed by atoms with Gasteiger partial charge in [0.25, 0.3) is 0 Å². The van der Waals surface area contributed by atoms with E-state index in [1.54, 1.807) is 13.8 Å². The smallest absolute Gasteiger partial charge is 0.340 e. The number of hydrogen-bond acceptors (Lipinski definition) is 6. The van der Waals surface area contributed by atoms with Crippen LogP contribution in [-0.4, -0.2) is 43.1 Å². The Morgan fingerprint density at radius 2 is 1.86 bits per heavy atom. The number of aromatic nitrogens is 1. The fraction of sp³-hybridized carbons (Fsp3) is 0.429. The van der Waals surface area contributed by atoms with Crippen molar-refractivity contribution in [1.29, 1.82) is 0 Å². The molecule has 1 heterocycles. The van der Waals surface area contributed by atoms with Crippen LogP contribution in [0.1, 0.15) is 30.6 Å². The largest absolute Gasteiger partial charge is 0.466 e. The van der Waals surface area contributed by atoms with Gasteiger partial charge < -0.3 is 14.4 Å². The molecule has 1 aromatic heterocycles. The zero-order valence-electron chi connectivity index (χ0n) is 12.6. The molecule has 0 N–H and O–H groups in total. The number of carbonyl (C=O) groups excluding carboxylic acids is 3. The second-order valence-electron chi connectivity index (χ2n) is 4.15. The highest BCUT2D eigenvalue weighted by molar-refractivity contribution is 6.33. The normalized spacial score (nSPS) is 10.0. The predicted molar refractivity (Wildman–Crippen MR) is 79.9 cm³/mol. The van der Waals surface area contributed by atoms with Crippen molar-refractivity contribution < 1.29 is 23.9 Å². The van der Waals surface area contributed by atoms with Crippen LogP contribution in [0.5, 0.6) is 0 Å². The summed E-state index contributed by atoms with van der Waals surface area (Å²) in [4.78, 5) is 40.4. The van der Waals surface area contributed by atoms with E-state index in [4.69, 9.17) is 21.1 Å². The number of amides is 1. The Hall–Kier alpha value is -2.15. The molecule has 0 bridgehead atoms. The van der Waals surface area contributed by atoms with E-state index in [1.165, 1.54) is 19.3 Å². The number of carbonyl (C=O) groups is 3. The van der Waals surface area contributed by atoms with E-state index < -0.39 is 24.3 Å². The number of halogens is 1. The number of esters is 2. The van der Waals surface area contributed by atoms with Gasteiger partial charge in [-0.2, -0.15) is 0 Å². The minimum Gasteiger partial charge on any atom is -0.466 e. The van der Waals surface area contributed by atoms with E-state index >= 15 is 0 Å². The Morgan fingerprint density at radius 3 is 2.45 bits per heavy atom. The van der Waals surface area contributed by atoms with Crippen molar-refractivity contribution in [3.05, 3.63) is 23.0 Å². The lowest BCUT2D eigenvalue weighted by molar-refractivity contribution is -0.145. The Kier molecular flexibility index (Phi) is 6.78. The van der Waals surface area contributed by atoms with E-state index in [0.29, 0.717) is 0 Å². The van der Waals surface area contributed by atoms with Crippen molar-refractivity contribution in [2.75, 3.05) is 25.2 Å². The van der Waals surface area contributed by atoms with Crippen molar-refractivity contribution in [2.24, 2.45) is 0 Å². The first-order valence-electron chi connectivity index (χ1n) is 6.66. The first-order valence-corrected chi connectivity index (χ1v) is 7.03. The van der Waals surface area contributed by atoms with Gasteiger partial charge >= 0.3 is 11.9 Å². The molecule has 0 aromatic carbocycles. The highest BCUT2D eigenvalue weighted by atomic mass is 35.5. The van der Waals surface area contributed by atoms with Crippen molar-refractivity contribution in [3.63, 3.8) is 0 Å². The topological polar surface area (TPSA) is 85.8 Å². The predicted octanol–water partition coefficient (Wildman–Crippen LogP) is 1.83. The maximum absolute atomic E-state index is 12.1. The lowest BCUT2D eigenvalue weighted by Gasteiger charge is -2.20. The third kappa shape index (κ3) is 4.42. The van der Waals surface area contributed by atoms with Gasteiger partial charge in [-0.3, -0.25) is 9.59 Å². The monoisotopic (exact) mass is 328 g/mol. The third-order valence-electron chi connectivity index (χ3n) is 2.69. The van der Waals surface area contributed by atoms with Crippen molar-refractivity contribution in [2.45, 2.75) is 20.3 Å². The van der Waals surface area contributed by atoms with Crippen molar-refractivity contribution >= 4 is 35.1 Å². The molecule has 1 amide bonds. The molecule has 0 aliphatic heterocycles. The molecule has 0 spiro atoms. The molecule has 1 rings (SSSR count). The van der Waals surface area contributed by atoms with Crippen LogP contribution in [0.3, 0.4) is 0 Å². The minimum atomic E-state index is -0.656. The number of anilines is 1. The summed E-state index contributed by atoms with van der Waals surface area (Å²) in [5.74, 6) is -1.85. The average Bonchev–Trinajstić information content (AvgIpc) is 2.46. The molecular weight excluding hydrogens is 312 g/mol. The molecule has 0 unspecified atom stereocenters. The number of nitrogens with zero attached hydrogens (tertiary/aromatic N) is 2. The third-order valence-corrected chi connectivity index (χ3v) is 2.96. The van der Waals surface area contributed by atoms with Gasteiger partial charge in [-0.1, -0.05) is 11.6 Å². The van der Waals surface area contributed by atoms with Crippen molar-refractivity contribution in [3.8, 4) is 0 Å². The number of ether oxygens (including phenoxy) is 2. The first kappa shape index (κ1) is 17.9. The molecule has 0 fully saturated rings. The Morgan fingerprint density at radius 1 is 1.23 bits per heavy atom. The van der Waals surface area contributed by atoms with Crippen LogP contribution in [0.15, 0.2) is 12.3 Å². The summed E-state index contributed by atoms with van der Waals surface area (Å²) in [7, 11) is 1.40. The molecular formula is C14H17ClN2O5. The van der Waals surface area contributed by atoms with Gasteiger partial charge in [0.1, 0.15) is 6.42 Å². The maximum Gasteiger partial charge on any atom is 0.340 e. The summed E-state index contributed by atoms with van der Waals surface area (Å²) in [5, 5.41) is -0.0368. The quantitative estimate of drug-likeness (QED) is 0.450. The van der Waals surface area contributed by atoms with Gasteiger partial charge in [-0.05, 0) is 19.9 Å². The summed E-state index contributed by atoms with van der Waals surface area (Å²) in [6.45, 7) is 3.66.